The maximum atomic E-state index is 13.5. The lowest BCUT2D eigenvalue weighted by molar-refractivity contribution is -0.190. The Morgan fingerprint density at radius 1 is 0.857 bits per heavy atom. The smallest absolute Gasteiger partial charge is 0.239 e. The number of phenolic OH excluding ortho intramolecular Hbond substituents is 2. The quantitative estimate of drug-likeness (QED) is 0.0650. The van der Waals surface area contributed by atoms with E-state index in [4.69, 9.17) is 18.9 Å². The van der Waals surface area contributed by atoms with Crippen molar-refractivity contribution in [3.05, 3.63) is 63.7 Å². The number of nitrogens with one attached hydrogen (secondary N) is 4. The summed E-state index contributed by atoms with van der Waals surface area (Å²) in [5.41, 5.74) is -0.333. The number of aromatic hydroxyl groups is 2. The molecule has 70 heavy (non-hydrogen) atoms. The van der Waals surface area contributed by atoms with Crippen LogP contribution in [-0.2, 0) is 51.0 Å². The number of phenols is 2. The second-order valence-electron chi connectivity index (χ2n) is 18.7. The van der Waals surface area contributed by atoms with Gasteiger partial charge < -0.3 is 60.4 Å². The topological polar surface area (TPSA) is 272 Å². The van der Waals surface area contributed by atoms with Gasteiger partial charge in [-0.3, -0.25) is 38.5 Å². The SMILES string of the molecule is COC1CN([C@H]2CCO[C@@H](C)[C@H]2O)CCO1.COc1cccc2c1C(=O)c1c(O)c3c(c(O)c1C2=O)C[C@@H](C(=O)NCCCN(C)CCCNC(=O)CNC(=O)CNC(=O)CCC1(C)C=CC1=O)CC3. The van der Waals surface area contributed by atoms with Crippen LogP contribution in [-0.4, -0.2) is 177 Å². The third-order valence-electron chi connectivity index (χ3n) is 13.8. The molecule has 4 amide bonds. The van der Waals surface area contributed by atoms with E-state index in [1.54, 1.807) is 32.2 Å². The van der Waals surface area contributed by atoms with Crippen LogP contribution in [0.3, 0.4) is 0 Å². The van der Waals surface area contributed by atoms with E-state index < -0.39 is 34.9 Å². The van der Waals surface area contributed by atoms with E-state index >= 15 is 0 Å². The number of allylic oxidation sites excluding steroid dienone is 2. The Bertz CT molecular complexity index is 2320. The van der Waals surface area contributed by atoms with Crippen molar-refractivity contribution < 1.29 is 67.8 Å². The number of morpholine rings is 1. The molecule has 6 atom stereocenters. The zero-order valence-corrected chi connectivity index (χ0v) is 40.7. The first kappa shape index (κ1) is 53.6. The first-order valence-corrected chi connectivity index (χ1v) is 24.0. The van der Waals surface area contributed by atoms with Gasteiger partial charge in [-0.25, -0.2) is 0 Å². The number of amides is 4. The number of ketones is 3. The van der Waals surface area contributed by atoms with Crippen LogP contribution in [0.1, 0.15) is 95.3 Å². The molecule has 0 spiro atoms. The predicted octanol–water partition coefficient (Wildman–Crippen LogP) is 0.918. The Hall–Kier alpha value is -5.77. The molecule has 0 bridgehead atoms. The lowest BCUT2D eigenvalue weighted by Crippen LogP contribution is -2.57. The number of benzene rings is 2. The first-order chi connectivity index (χ1) is 33.5. The predicted molar refractivity (Wildman–Crippen MR) is 254 cm³/mol. The van der Waals surface area contributed by atoms with Crippen molar-refractivity contribution in [2.24, 2.45) is 11.3 Å². The maximum Gasteiger partial charge on any atom is 0.239 e. The molecule has 2 saturated heterocycles. The lowest BCUT2D eigenvalue weighted by Gasteiger charge is -2.43. The fourth-order valence-corrected chi connectivity index (χ4v) is 9.45. The van der Waals surface area contributed by atoms with Gasteiger partial charge in [0.15, 0.2) is 17.9 Å². The van der Waals surface area contributed by atoms with Crippen LogP contribution in [0.2, 0.25) is 0 Å². The van der Waals surface area contributed by atoms with E-state index in [1.807, 2.05) is 14.0 Å². The molecule has 0 saturated carbocycles. The molecule has 3 aliphatic carbocycles. The zero-order chi connectivity index (χ0) is 50.7. The van der Waals surface area contributed by atoms with Crippen molar-refractivity contribution in [3.8, 4) is 17.2 Å². The minimum absolute atomic E-state index is 0.0148. The van der Waals surface area contributed by atoms with Gasteiger partial charge in [0.25, 0.3) is 0 Å². The van der Waals surface area contributed by atoms with Crippen LogP contribution in [0.15, 0.2) is 30.4 Å². The summed E-state index contributed by atoms with van der Waals surface area (Å²) in [6, 6.07) is 4.77. The van der Waals surface area contributed by atoms with E-state index in [9.17, 15) is 48.9 Å². The van der Waals surface area contributed by atoms with Crippen molar-refractivity contribution in [1.29, 1.82) is 0 Å². The Balaban J connectivity index is 0.000000422. The number of carbonyl (C=O) groups is 7. The molecule has 0 radical (unpaired) electrons. The summed E-state index contributed by atoms with van der Waals surface area (Å²) in [7, 11) is 4.96. The number of hydrogen-bond donors (Lipinski definition) is 7. The zero-order valence-electron chi connectivity index (χ0n) is 40.7. The van der Waals surface area contributed by atoms with Crippen molar-refractivity contribution in [1.82, 2.24) is 31.1 Å². The van der Waals surface area contributed by atoms with Crippen molar-refractivity contribution >= 4 is 41.0 Å². The fourth-order valence-electron chi connectivity index (χ4n) is 9.45. The Labute approximate surface area is 407 Å². The summed E-state index contributed by atoms with van der Waals surface area (Å²) in [6.07, 6.45) is 5.99. The number of aliphatic hydroxyl groups is 1. The van der Waals surface area contributed by atoms with Crippen molar-refractivity contribution in [2.75, 3.05) is 86.8 Å². The van der Waals surface area contributed by atoms with Crippen LogP contribution >= 0.6 is 0 Å². The highest BCUT2D eigenvalue weighted by Crippen LogP contribution is 2.47. The van der Waals surface area contributed by atoms with Crippen LogP contribution in [0, 0.1) is 11.3 Å². The molecule has 5 aliphatic rings. The largest absolute Gasteiger partial charge is 0.507 e. The van der Waals surface area contributed by atoms with Crippen LogP contribution in [0.25, 0.3) is 0 Å². The van der Waals surface area contributed by atoms with Gasteiger partial charge in [0.1, 0.15) is 17.2 Å². The molecule has 20 nitrogen and oxygen atoms in total. The molecule has 2 heterocycles. The van der Waals surface area contributed by atoms with Crippen molar-refractivity contribution in [3.63, 3.8) is 0 Å². The molecule has 2 aliphatic heterocycles. The minimum atomic E-state index is -0.613. The maximum absolute atomic E-state index is 13.5. The molecule has 7 rings (SSSR count). The molecule has 7 N–H and O–H groups in total. The molecule has 2 unspecified atom stereocenters. The standard InChI is InChI=1S/C39H47N5O10.C11H21NO4/c1-39(13-11-27(39)45)14-12-28(46)42-21-30(48)43-20-29(47)40-15-5-17-44(2)18-6-16-41-38(53)22-9-10-23-25(19-22)36(51)32-33(34(23)49)37(52)31-24(35(32)50)7-4-8-26(31)54-3;1-8-11(13)9(3-5-15-8)12-4-6-16-10(7-12)14-2/h4,7-8,11,13,22,49,51H,5-6,9-10,12,14-21H2,1-3H3,(H,40,47)(H,41,53)(H,42,46)(H,43,48);8-11,13H,3-7H2,1-2H3/t22-,39?;8-,9-,10?,11+/m00/s1. The average molecular weight is 977 g/mol. The second-order valence-corrected chi connectivity index (χ2v) is 18.7. The van der Waals surface area contributed by atoms with Crippen LogP contribution in [0.5, 0.6) is 17.2 Å². The number of methoxy groups -OCH3 is 2. The second kappa shape index (κ2) is 24.4. The van der Waals surface area contributed by atoms with E-state index in [1.165, 1.54) is 19.3 Å². The molecule has 382 valence electrons. The molecule has 20 heteroatoms. The Kier molecular flexibility index (Phi) is 18.7. The minimum Gasteiger partial charge on any atom is -0.507 e. The highest BCUT2D eigenvalue weighted by molar-refractivity contribution is 6.31. The number of ether oxygens (including phenoxy) is 4. The van der Waals surface area contributed by atoms with E-state index in [0.29, 0.717) is 69.6 Å². The molecular weight excluding hydrogens is 909 g/mol. The third kappa shape index (κ3) is 12.8. The number of nitrogens with zero attached hydrogens (tertiary/aromatic N) is 2. The normalized spacial score (nSPS) is 23.7. The number of hydrogen-bond acceptors (Lipinski definition) is 16. The number of carbonyl (C=O) groups excluding carboxylic acids is 7. The fraction of sp³-hybridized carbons (Fsp3) is 0.580. The van der Waals surface area contributed by atoms with Crippen LogP contribution < -0.4 is 26.0 Å². The summed E-state index contributed by atoms with van der Waals surface area (Å²) in [5.74, 6) is -3.65. The van der Waals surface area contributed by atoms with Gasteiger partial charge in [-0.1, -0.05) is 18.2 Å². The first-order valence-electron chi connectivity index (χ1n) is 24.0. The highest BCUT2D eigenvalue weighted by Gasteiger charge is 2.42. The Morgan fingerprint density at radius 3 is 2.20 bits per heavy atom. The summed E-state index contributed by atoms with van der Waals surface area (Å²) in [6.45, 7) is 8.33. The van der Waals surface area contributed by atoms with Gasteiger partial charge in [0.2, 0.25) is 29.4 Å². The van der Waals surface area contributed by atoms with Gasteiger partial charge >= 0.3 is 0 Å². The molecule has 2 aromatic carbocycles. The van der Waals surface area contributed by atoms with E-state index in [2.05, 4.69) is 31.1 Å². The summed E-state index contributed by atoms with van der Waals surface area (Å²) < 4.78 is 21.3. The summed E-state index contributed by atoms with van der Waals surface area (Å²) in [4.78, 5) is 92.0. The monoisotopic (exact) mass is 976 g/mol. The number of aliphatic hydroxyl groups excluding tert-OH is 1. The molecular formula is C50H68N6O14. The number of fused-ring (bicyclic) bond motifs is 3. The average Bonchev–Trinajstić information content (AvgIpc) is 3.37. The molecule has 2 fully saturated rings. The third-order valence-corrected chi connectivity index (χ3v) is 13.8. The molecule has 2 aromatic rings. The van der Waals surface area contributed by atoms with Crippen LogP contribution in [0.4, 0.5) is 0 Å². The number of rotatable bonds is 19. The van der Waals surface area contributed by atoms with Gasteiger partial charge in [-0.05, 0) is 91.1 Å². The van der Waals surface area contributed by atoms with Crippen molar-refractivity contribution in [2.45, 2.75) is 89.8 Å². The van der Waals surface area contributed by atoms with Gasteiger partial charge in [-0.15, -0.1) is 0 Å². The molecule has 0 aromatic heterocycles. The Morgan fingerprint density at radius 2 is 1.53 bits per heavy atom. The van der Waals surface area contributed by atoms with E-state index in [-0.39, 0.29) is 114 Å². The summed E-state index contributed by atoms with van der Waals surface area (Å²) in [5, 5.41) is 43.2. The van der Waals surface area contributed by atoms with E-state index in [0.717, 1.165) is 26.1 Å². The highest BCUT2D eigenvalue weighted by atomic mass is 16.7. The van der Waals surface area contributed by atoms with Gasteiger partial charge in [0, 0.05) is 80.4 Å². The lowest BCUT2D eigenvalue weighted by atomic mass is 9.73. The van der Waals surface area contributed by atoms with Gasteiger partial charge in [0.05, 0.1) is 55.7 Å². The van der Waals surface area contributed by atoms with Gasteiger partial charge in [-0.2, -0.15) is 0 Å². The summed E-state index contributed by atoms with van der Waals surface area (Å²) >= 11 is 0.